The van der Waals surface area contributed by atoms with Gasteiger partial charge in [-0.1, -0.05) is 5.21 Å². The summed E-state index contributed by atoms with van der Waals surface area (Å²) in [5, 5.41) is 13.8. The molecule has 1 aliphatic rings. The molecule has 1 aromatic carbocycles. The van der Waals surface area contributed by atoms with E-state index >= 15 is 0 Å². The number of hydrogen-bond acceptors (Lipinski definition) is 5. The van der Waals surface area contributed by atoms with Crippen LogP contribution in [0.2, 0.25) is 0 Å². The number of amides is 1. The summed E-state index contributed by atoms with van der Waals surface area (Å²) in [7, 11) is 1.84. The highest BCUT2D eigenvalue weighted by Crippen LogP contribution is 2.32. The number of nitrogens with zero attached hydrogens (tertiary/aromatic N) is 3. The Hall–Kier alpha value is -2.57. The molecule has 1 unspecified atom stereocenters. The fourth-order valence-corrected chi connectivity index (χ4v) is 1.98. The monoisotopic (exact) mass is 273 g/mol. The minimum atomic E-state index is -0.457. The molecule has 2 aromatic rings. The van der Waals surface area contributed by atoms with Crippen LogP contribution < -0.4 is 15.4 Å². The molecule has 1 aromatic heterocycles. The van der Waals surface area contributed by atoms with Gasteiger partial charge in [-0.15, -0.1) is 5.10 Å². The second-order valence-electron chi connectivity index (χ2n) is 4.66. The first kappa shape index (κ1) is 12.5. The van der Waals surface area contributed by atoms with E-state index in [1.165, 1.54) is 0 Å². The van der Waals surface area contributed by atoms with Gasteiger partial charge in [0, 0.05) is 12.7 Å². The van der Waals surface area contributed by atoms with Crippen LogP contribution in [0.1, 0.15) is 12.6 Å². The van der Waals surface area contributed by atoms with E-state index in [0.29, 0.717) is 18.0 Å². The highest BCUT2D eigenvalue weighted by molar-refractivity contribution is 5.98. The average Bonchev–Trinajstić information content (AvgIpc) is 2.83. The molecular weight excluding hydrogens is 258 g/mol. The van der Waals surface area contributed by atoms with Crippen LogP contribution in [0.4, 0.5) is 11.4 Å². The fraction of sp³-hybridized carbons (Fsp3) is 0.308. The summed E-state index contributed by atoms with van der Waals surface area (Å²) < 4.78 is 7.21. The van der Waals surface area contributed by atoms with Gasteiger partial charge in [0.05, 0.1) is 24.1 Å². The molecule has 2 N–H and O–H groups in total. The summed E-state index contributed by atoms with van der Waals surface area (Å²) in [5.41, 5.74) is 2.54. The molecular formula is C13H15N5O2. The number of aryl methyl sites for hydroxylation is 1. The predicted molar refractivity (Wildman–Crippen MR) is 73.5 cm³/mol. The fourth-order valence-electron chi connectivity index (χ4n) is 1.98. The quantitative estimate of drug-likeness (QED) is 0.876. The van der Waals surface area contributed by atoms with Crippen molar-refractivity contribution >= 4 is 17.3 Å². The maximum absolute atomic E-state index is 11.6. The molecule has 20 heavy (non-hydrogen) atoms. The maximum atomic E-state index is 11.6. The van der Waals surface area contributed by atoms with Gasteiger partial charge in [-0.25, -0.2) is 0 Å². The maximum Gasteiger partial charge on any atom is 0.265 e. The van der Waals surface area contributed by atoms with Crippen LogP contribution in [-0.2, 0) is 18.4 Å². The van der Waals surface area contributed by atoms with Crippen molar-refractivity contribution in [3.63, 3.8) is 0 Å². The average molecular weight is 273 g/mol. The van der Waals surface area contributed by atoms with E-state index in [0.717, 1.165) is 11.4 Å². The van der Waals surface area contributed by atoms with Crippen molar-refractivity contribution in [2.45, 2.75) is 19.6 Å². The van der Waals surface area contributed by atoms with Crippen molar-refractivity contribution in [2.75, 3.05) is 10.6 Å². The van der Waals surface area contributed by atoms with Crippen LogP contribution in [0.5, 0.6) is 5.75 Å². The van der Waals surface area contributed by atoms with Crippen molar-refractivity contribution in [3.8, 4) is 5.75 Å². The number of ether oxygens (including phenoxy) is 1. The Morgan fingerprint density at radius 1 is 1.50 bits per heavy atom. The van der Waals surface area contributed by atoms with Gasteiger partial charge in [-0.2, -0.15) is 0 Å². The Bertz CT molecular complexity index is 652. The van der Waals surface area contributed by atoms with E-state index in [1.807, 2.05) is 25.2 Å². The van der Waals surface area contributed by atoms with Crippen LogP contribution in [0.15, 0.2) is 24.4 Å². The number of nitrogens with one attached hydrogen (secondary N) is 2. The van der Waals surface area contributed by atoms with Crippen LogP contribution in [0.25, 0.3) is 0 Å². The molecule has 104 valence electrons. The largest absolute Gasteiger partial charge is 0.479 e. The van der Waals surface area contributed by atoms with E-state index in [-0.39, 0.29) is 5.91 Å². The van der Waals surface area contributed by atoms with Gasteiger partial charge in [0.1, 0.15) is 5.75 Å². The Labute approximate surface area is 115 Å². The van der Waals surface area contributed by atoms with Crippen molar-refractivity contribution < 1.29 is 9.53 Å². The zero-order chi connectivity index (χ0) is 14.1. The number of benzene rings is 1. The number of anilines is 2. The SMILES string of the molecule is CC1Oc2ccc(NCc3cnnn3C)cc2NC1=O. The first-order valence-electron chi connectivity index (χ1n) is 6.32. The first-order valence-corrected chi connectivity index (χ1v) is 6.32. The number of aromatic nitrogens is 3. The highest BCUT2D eigenvalue weighted by atomic mass is 16.5. The summed E-state index contributed by atoms with van der Waals surface area (Å²) in [6.07, 6.45) is 1.25. The normalized spacial score (nSPS) is 17.1. The van der Waals surface area contributed by atoms with Crippen molar-refractivity contribution in [2.24, 2.45) is 7.05 Å². The van der Waals surface area contributed by atoms with Crippen LogP contribution >= 0.6 is 0 Å². The van der Waals surface area contributed by atoms with Gasteiger partial charge in [0.2, 0.25) is 0 Å². The van der Waals surface area contributed by atoms with Crippen LogP contribution in [0, 0.1) is 0 Å². The lowest BCUT2D eigenvalue weighted by atomic mass is 10.2. The van der Waals surface area contributed by atoms with Crippen LogP contribution in [0.3, 0.4) is 0 Å². The summed E-state index contributed by atoms with van der Waals surface area (Å²) in [4.78, 5) is 11.6. The van der Waals surface area contributed by atoms with E-state index in [4.69, 9.17) is 4.74 Å². The van der Waals surface area contributed by atoms with Crippen molar-refractivity contribution in [3.05, 3.63) is 30.1 Å². The third kappa shape index (κ3) is 2.29. The second-order valence-corrected chi connectivity index (χ2v) is 4.66. The summed E-state index contributed by atoms with van der Waals surface area (Å²) in [5.74, 6) is 0.551. The lowest BCUT2D eigenvalue weighted by Gasteiger charge is -2.23. The molecule has 0 saturated heterocycles. The zero-order valence-corrected chi connectivity index (χ0v) is 11.3. The molecule has 0 radical (unpaired) electrons. The summed E-state index contributed by atoms with van der Waals surface area (Å²) in [6, 6.07) is 5.60. The number of hydrogen-bond donors (Lipinski definition) is 2. The smallest absolute Gasteiger partial charge is 0.265 e. The Kier molecular flexibility index (Phi) is 3.02. The van der Waals surface area contributed by atoms with Crippen LogP contribution in [-0.4, -0.2) is 27.0 Å². The molecule has 3 rings (SSSR count). The lowest BCUT2D eigenvalue weighted by molar-refractivity contribution is -0.122. The Balaban J connectivity index is 1.74. The number of fused-ring (bicyclic) bond motifs is 1. The predicted octanol–water partition coefficient (Wildman–Crippen LogP) is 1.15. The standard InChI is InChI=1S/C13H15N5O2/c1-8-13(19)16-11-5-9(3-4-12(11)20-8)14-6-10-7-15-17-18(10)2/h3-5,7-8,14H,6H2,1-2H3,(H,16,19). The van der Waals surface area contributed by atoms with E-state index in [2.05, 4.69) is 20.9 Å². The summed E-state index contributed by atoms with van der Waals surface area (Å²) in [6.45, 7) is 2.33. The Morgan fingerprint density at radius 3 is 3.10 bits per heavy atom. The molecule has 0 spiro atoms. The van der Waals surface area contributed by atoms with Crippen molar-refractivity contribution in [1.29, 1.82) is 0 Å². The molecule has 7 heteroatoms. The summed E-state index contributed by atoms with van der Waals surface area (Å²) >= 11 is 0. The van der Waals surface area contributed by atoms with Gasteiger partial charge in [0.15, 0.2) is 6.10 Å². The lowest BCUT2D eigenvalue weighted by Crippen LogP contribution is -2.34. The molecule has 1 aliphatic heterocycles. The second kappa shape index (κ2) is 4.84. The highest BCUT2D eigenvalue weighted by Gasteiger charge is 2.23. The molecule has 7 nitrogen and oxygen atoms in total. The third-order valence-electron chi connectivity index (χ3n) is 3.19. The minimum Gasteiger partial charge on any atom is -0.479 e. The topological polar surface area (TPSA) is 81.1 Å². The van der Waals surface area contributed by atoms with Gasteiger partial charge in [0.25, 0.3) is 5.91 Å². The van der Waals surface area contributed by atoms with Gasteiger partial charge in [-0.05, 0) is 25.1 Å². The minimum absolute atomic E-state index is 0.134. The van der Waals surface area contributed by atoms with E-state index in [9.17, 15) is 4.79 Å². The van der Waals surface area contributed by atoms with E-state index < -0.39 is 6.10 Å². The first-order chi connectivity index (χ1) is 9.63. The van der Waals surface area contributed by atoms with Gasteiger partial charge >= 0.3 is 0 Å². The molecule has 1 amide bonds. The number of carbonyl (C=O) groups excluding carboxylic acids is 1. The molecule has 0 fully saturated rings. The number of carbonyl (C=O) groups is 1. The molecule has 0 bridgehead atoms. The Morgan fingerprint density at radius 2 is 2.35 bits per heavy atom. The van der Waals surface area contributed by atoms with Crippen molar-refractivity contribution in [1.82, 2.24) is 15.0 Å². The third-order valence-corrected chi connectivity index (χ3v) is 3.19. The number of rotatable bonds is 3. The van der Waals surface area contributed by atoms with E-state index in [1.54, 1.807) is 17.8 Å². The molecule has 0 saturated carbocycles. The molecule has 2 heterocycles. The molecule has 0 aliphatic carbocycles. The van der Waals surface area contributed by atoms with Gasteiger partial charge in [-0.3, -0.25) is 9.48 Å². The zero-order valence-electron chi connectivity index (χ0n) is 11.3. The van der Waals surface area contributed by atoms with Gasteiger partial charge < -0.3 is 15.4 Å². The molecule has 1 atom stereocenters.